The van der Waals surface area contributed by atoms with Gasteiger partial charge >= 0.3 is 6.18 Å². The van der Waals surface area contributed by atoms with Crippen LogP contribution in [0.25, 0.3) is 22.2 Å². The molecular weight excluding hydrogens is 275 g/mol. The van der Waals surface area contributed by atoms with Crippen molar-refractivity contribution >= 4 is 10.9 Å². The van der Waals surface area contributed by atoms with E-state index in [1.807, 2.05) is 37.3 Å². The van der Waals surface area contributed by atoms with Crippen LogP contribution in [0.5, 0.6) is 0 Å². The van der Waals surface area contributed by atoms with E-state index in [9.17, 15) is 13.2 Å². The zero-order chi connectivity index (χ0) is 15.0. The van der Waals surface area contributed by atoms with Crippen molar-refractivity contribution in [3.05, 3.63) is 65.7 Å². The summed E-state index contributed by atoms with van der Waals surface area (Å²) in [5.41, 5.74) is 1.55. The Bertz CT molecular complexity index is 792. The summed E-state index contributed by atoms with van der Waals surface area (Å²) in [5.74, 6) is 0. The average Bonchev–Trinajstić information content (AvgIpc) is 2.45. The Morgan fingerprint density at radius 2 is 1.62 bits per heavy atom. The normalized spacial score (nSPS) is 11.8. The standard InChI is InChI=1S/C17H12F3N/c1-11-10-13-8-5-9-14(17(18,19)20)16(13)21-15(11)12-6-3-2-4-7-12/h2-10H,1H3. The molecule has 0 atom stereocenters. The molecule has 106 valence electrons. The molecule has 0 amide bonds. The number of pyridine rings is 1. The third kappa shape index (κ3) is 2.49. The second kappa shape index (κ2) is 4.88. The number of benzene rings is 2. The number of hydrogen-bond acceptors (Lipinski definition) is 1. The number of rotatable bonds is 1. The van der Waals surface area contributed by atoms with Crippen molar-refractivity contribution in [2.75, 3.05) is 0 Å². The number of alkyl halides is 3. The molecule has 0 N–H and O–H groups in total. The Hall–Kier alpha value is -2.36. The van der Waals surface area contributed by atoms with Gasteiger partial charge in [0.05, 0.1) is 16.8 Å². The number of aromatic nitrogens is 1. The first-order valence-electron chi connectivity index (χ1n) is 6.50. The minimum absolute atomic E-state index is 0.00514. The quantitative estimate of drug-likeness (QED) is 0.597. The molecule has 0 aliphatic heterocycles. The van der Waals surface area contributed by atoms with E-state index in [1.165, 1.54) is 6.07 Å². The Morgan fingerprint density at radius 3 is 2.29 bits per heavy atom. The zero-order valence-electron chi connectivity index (χ0n) is 11.3. The molecule has 0 aliphatic rings. The van der Waals surface area contributed by atoms with Crippen LogP contribution < -0.4 is 0 Å². The summed E-state index contributed by atoms with van der Waals surface area (Å²) in [6.45, 7) is 1.86. The summed E-state index contributed by atoms with van der Waals surface area (Å²) in [7, 11) is 0. The van der Waals surface area contributed by atoms with Gasteiger partial charge in [-0.2, -0.15) is 13.2 Å². The first-order chi connectivity index (χ1) is 9.97. The Kier molecular flexibility index (Phi) is 3.16. The van der Waals surface area contributed by atoms with Crippen molar-refractivity contribution in [1.29, 1.82) is 0 Å². The molecule has 1 aromatic heterocycles. The first-order valence-corrected chi connectivity index (χ1v) is 6.50. The Balaban J connectivity index is 2.32. The van der Waals surface area contributed by atoms with Gasteiger partial charge in [0.1, 0.15) is 0 Å². The van der Waals surface area contributed by atoms with Crippen LogP contribution in [-0.2, 0) is 6.18 Å². The van der Waals surface area contributed by atoms with Gasteiger partial charge < -0.3 is 0 Å². The van der Waals surface area contributed by atoms with Gasteiger partial charge in [-0.15, -0.1) is 0 Å². The number of fused-ring (bicyclic) bond motifs is 1. The van der Waals surface area contributed by atoms with Crippen LogP contribution in [0.1, 0.15) is 11.1 Å². The largest absolute Gasteiger partial charge is 0.418 e. The molecule has 0 saturated carbocycles. The average molecular weight is 287 g/mol. The Morgan fingerprint density at radius 1 is 0.905 bits per heavy atom. The molecule has 0 unspecified atom stereocenters. The van der Waals surface area contributed by atoms with E-state index in [0.717, 1.165) is 17.2 Å². The highest BCUT2D eigenvalue weighted by Gasteiger charge is 2.33. The number of nitrogens with zero attached hydrogens (tertiary/aromatic N) is 1. The number of halogens is 3. The molecule has 2 aromatic carbocycles. The molecule has 0 radical (unpaired) electrons. The van der Waals surface area contributed by atoms with Gasteiger partial charge in [-0.05, 0) is 24.6 Å². The van der Waals surface area contributed by atoms with Crippen molar-refractivity contribution in [3.8, 4) is 11.3 Å². The van der Waals surface area contributed by atoms with E-state index in [1.54, 1.807) is 12.1 Å². The van der Waals surface area contributed by atoms with Gasteiger partial charge in [0.15, 0.2) is 0 Å². The summed E-state index contributed by atoms with van der Waals surface area (Å²) in [5, 5.41) is 0.502. The highest BCUT2D eigenvalue weighted by molar-refractivity contribution is 5.86. The van der Waals surface area contributed by atoms with Crippen molar-refractivity contribution in [3.63, 3.8) is 0 Å². The topological polar surface area (TPSA) is 12.9 Å². The lowest BCUT2D eigenvalue weighted by atomic mass is 10.0. The minimum atomic E-state index is -4.41. The minimum Gasteiger partial charge on any atom is -0.247 e. The Labute approximate surface area is 120 Å². The van der Waals surface area contributed by atoms with Crippen LogP contribution >= 0.6 is 0 Å². The summed E-state index contributed by atoms with van der Waals surface area (Å²) < 4.78 is 39.3. The van der Waals surface area contributed by atoms with Crippen molar-refractivity contribution in [1.82, 2.24) is 4.98 Å². The highest BCUT2D eigenvalue weighted by Crippen LogP contribution is 2.35. The van der Waals surface area contributed by atoms with Crippen molar-refractivity contribution < 1.29 is 13.2 Å². The summed E-state index contributed by atoms with van der Waals surface area (Å²) >= 11 is 0. The van der Waals surface area contributed by atoms with Crippen molar-refractivity contribution in [2.45, 2.75) is 13.1 Å². The second-order valence-electron chi connectivity index (χ2n) is 4.89. The third-order valence-corrected chi connectivity index (χ3v) is 3.39. The van der Waals surface area contributed by atoms with Crippen LogP contribution in [0.4, 0.5) is 13.2 Å². The maximum Gasteiger partial charge on any atom is 0.418 e. The fourth-order valence-corrected chi connectivity index (χ4v) is 2.42. The molecule has 0 spiro atoms. The SMILES string of the molecule is Cc1cc2cccc(C(F)(F)F)c2nc1-c1ccccc1. The summed E-state index contributed by atoms with van der Waals surface area (Å²) in [6.07, 6.45) is -4.41. The van der Waals surface area contributed by atoms with Gasteiger partial charge in [-0.3, -0.25) is 0 Å². The molecule has 21 heavy (non-hydrogen) atoms. The number of para-hydroxylation sites is 1. The maximum atomic E-state index is 13.1. The van der Waals surface area contributed by atoms with Crippen LogP contribution in [0.3, 0.4) is 0 Å². The van der Waals surface area contributed by atoms with E-state index < -0.39 is 11.7 Å². The zero-order valence-corrected chi connectivity index (χ0v) is 11.3. The molecule has 0 aliphatic carbocycles. The first kappa shape index (κ1) is 13.6. The molecule has 0 fully saturated rings. The highest BCUT2D eigenvalue weighted by atomic mass is 19.4. The second-order valence-corrected chi connectivity index (χ2v) is 4.89. The molecule has 1 heterocycles. The predicted octanol–water partition coefficient (Wildman–Crippen LogP) is 5.23. The van der Waals surface area contributed by atoms with Crippen LogP contribution in [0.15, 0.2) is 54.6 Å². The monoisotopic (exact) mass is 287 g/mol. The molecule has 1 nitrogen and oxygen atoms in total. The van der Waals surface area contributed by atoms with E-state index in [2.05, 4.69) is 4.98 Å². The summed E-state index contributed by atoms with van der Waals surface area (Å²) in [4.78, 5) is 4.29. The van der Waals surface area contributed by atoms with Crippen LogP contribution in [-0.4, -0.2) is 4.98 Å². The molecule has 4 heteroatoms. The van der Waals surface area contributed by atoms with Gasteiger partial charge in [-0.25, -0.2) is 4.98 Å². The number of hydrogen-bond donors (Lipinski definition) is 0. The van der Waals surface area contributed by atoms with Gasteiger partial charge in [0.2, 0.25) is 0 Å². The maximum absolute atomic E-state index is 13.1. The molecule has 0 saturated heterocycles. The lowest BCUT2D eigenvalue weighted by Gasteiger charge is -2.12. The fraction of sp³-hybridized carbons (Fsp3) is 0.118. The van der Waals surface area contributed by atoms with E-state index in [0.29, 0.717) is 11.1 Å². The molecule has 0 bridgehead atoms. The van der Waals surface area contributed by atoms with Gasteiger partial charge in [-0.1, -0.05) is 42.5 Å². The smallest absolute Gasteiger partial charge is 0.247 e. The lowest BCUT2D eigenvalue weighted by Crippen LogP contribution is -2.07. The summed E-state index contributed by atoms with van der Waals surface area (Å²) in [6, 6.07) is 15.1. The van der Waals surface area contributed by atoms with E-state index >= 15 is 0 Å². The van der Waals surface area contributed by atoms with Gasteiger partial charge in [0.25, 0.3) is 0 Å². The predicted molar refractivity (Wildman–Crippen MR) is 76.9 cm³/mol. The third-order valence-electron chi connectivity index (χ3n) is 3.39. The molecule has 3 rings (SSSR count). The molecular formula is C17H12F3N. The van der Waals surface area contributed by atoms with Crippen LogP contribution in [0, 0.1) is 6.92 Å². The molecule has 3 aromatic rings. The van der Waals surface area contributed by atoms with E-state index in [4.69, 9.17) is 0 Å². The van der Waals surface area contributed by atoms with Gasteiger partial charge in [0, 0.05) is 10.9 Å². The number of aryl methyl sites for hydroxylation is 1. The fourth-order valence-electron chi connectivity index (χ4n) is 2.42. The van der Waals surface area contributed by atoms with Crippen LogP contribution in [0.2, 0.25) is 0 Å². The van der Waals surface area contributed by atoms with Crippen molar-refractivity contribution in [2.24, 2.45) is 0 Å². The van der Waals surface area contributed by atoms with E-state index in [-0.39, 0.29) is 5.52 Å². The lowest BCUT2D eigenvalue weighted by molar-refractivity contribution is -0.136.